The van der Waals surface area contributed by atoms with Crippen molar-refractivity contribution in [3.63, 3.8) is 0 Å². The summed E-state index contributed by atoms with van der Waals surface area (Å²) in [5.74, 6) is 2.42. The summed E-state index contributed by atoms with van der Waals surface area (Å²) < 4.78 is 8.59. The molecule has 8 heteroatoms. The molecule has 0 aromatic carbocycles. The zero-order valence-electron chi connectivity index (χ0n) is 15.2. The number of aromatic nitrogens is 5. The molecule has 1 aliphatic heterocycles. The number of thiazole rings is 1. The van der Waals surface area contributed by atoms with Crippen LogP contribution in [0.1, 0.15) is 50.0 Å². The van der Waals surface area contributed by atoms with E-state index in [0.717, 1.165) is 60.5 Å². The molecule has 0 saturated carbocycles. The third-order valence-corrected chi connectivity index (χ3v) is 5.86. The average Bonchev–Trinajstić information content (AvgIpc) is 3.26. The van der Waals surface area contributed by atoms with Crippen LogP contribution in [0.15, 0.2) is 4.52 Å². The van der Waals surface area contributed by atoms with Crippen molar-refractivity contribution in [1.82, 2.24) is 24.9 Å². The maximum atomic E-state index is 5.55. The summed E-state index contributed by atoms with van der Waals surface area (Å²) >= 11 is 1.73. The molecule has 1 atom stereocenters. The van der Waals surface area contributed by atoms with Gasteiger partial charge in [-0.05, 0) is 25.7 Å². The summed E-state index contributed by atoms with van der Waals surface area (Å²) in [4.78, 5) is 11.8. The molecule has 0 amide bonds. The maximum absolute atomic E-state index is 5.55. The first-order chi connectivity index (χ1) is 12.0. The van der Waals surface area contributed by atoms with E-state index in [4.69, 9.17) is 9.51 Å². The van der Waals surface area contributed by atoms with Crippen LogP contribution < -0.4 is 4.90 Å². The Labute approximate surface area is 151 Å². The van der Waals surface area contributed by atoms with E-state index in [9.17, 15) is 0 Å². The molecule has 0 spiro atoms. The van der Waals surface area contributed by atoms with Gasteiger partial charge in [-0.1, -0.05) is 30.3 Å². The molecule has 7 nitrogen and oxygen atoms in total. The largest absolute Gasteiger partial charge is 0.347 e. The van der Waals surface area contributed by atoms with Crippen LogP contribution >= 0.6 is 11.3 Å². The molecule has 3 aromatic heterocycles. The van der Waals surface area contributed by atoms with Gasteiger partial charge in [0.15, 0.2) is 16.6 Å². The van der Waals surface area contributed by atoms with Gasteiger partial charge >= 0.3 is 0 Å². The predicted molar refractivity (Wildman–Crippen MR) is 98.2 cm³/mol. The number of hydrogen-bond acceptors (Lipinski definition) is 7. The summed E-state index contributed by atoms with van der Waals surface area (Å²) in [6.07, 6.45) is 3.06. The van der Waals surface area contributed by atoms with E-state index in [2.05, 4.69) is 34.0 Å². The van der Waals surface area contributed by atoms with Crippen LogP contribution in [0, 0.1) is 12.8 Å². The number of rotatable bonds is 4. The molecule has 3 aromatic rings. The van der Waals surface area contributed by atoms with Crippen LogP contribution in [0.25, 0.3) is 10.3 Å². The molecule has 0 aliphatic carbocycles. The predicted octanol–water partition coefficient (Wildman–Crippen LogP) is 3.30. The summed E-state index contributed by atoms with van der Waals surface area (Å²) in [6.45, 7) is 8.29. The molecule has 0 bridgehead atoms. The van der Waals surface area contributed by atoms with Crippen molar-refractivity contribution >= 4 is 26.8 Å². The lowest BCUT2D eigenvalue weighted by Crippen LogP contribution is -2.34. The Morgan fingerprint density at radius 2 is 2.16 bits per heavy atom. The first-order valence-corrected chi connectivity index (χ1v) is 9.70. The Morgan fingerprint density at radius 1 is 1.32 bits per heavy atom. The number of aryl methyl sites for hydroxylation is 2. The van der Waals surface area contributed by atoms with E-state index in [-0.39, 0.29) is 5.92 Å². The number of nitrogens with zero attached hydrogens (tertiary/aromatic N) is 6. The van der Waals surface area contributed by atoms with Crippen molar-refractivity contribution in [3.8, 4) is 0 Å². The molecule has 1 aliphatic rings. The van der Waals surface area contributed by atoms with E-state index in [1.165, 1.54) is 4.70 Å². The zero-order valence-corrected chi connectivity index (χ0v) is 16.0. The monoisotopic (exact) mass is 360 g/mol. The lowest BCUT2D eigenvalue weighted by atomic mass is 9.98. The second-order valence-corrected chi connectivity index (χ2v) is 8.27. The van der Waals surface area contributed by atoms with Crippen LogP contribution in [-0.2, 0) is 13.5 Å². The fourth-order valence-corrected chi connectivity index (χ4v) is 4.51. The Bertz CT molecular complexity index is 845. The molecule has 0 unspecified atom stereocenters. The van der Waals surface area contributed by atoms with Crippen molar-refractivity contribution in [1.29, 1.82) is 0 Å². The molecule has 1 saturated heterocycles. The number of fused-ring (bicyclic) bond motifs is 1. The van der Waals surface area contributed by atoms with Crippen molar-refractivity contribution in [3.05, 3.63) is 17.4 Å². The van der Waals surface area contributed by atoms with Crippen molar-refractivity contribution in [2.24, 2.45) is 13.0 Å². The average molecular weight is 360 g/mol. The van der Waals surface area contributed by atoms with Crippen LogP contribution in [0.5, 0.6) is 0 Å². The Hall–Kier alpha value is -1.96. The minimum absolute atomic E-state index is 0.286. The number of piperidine rings is 1. The van der Waals surface area contributed by atoms with Crippen LogP contribution in [0.3, 0.4) is 0 Å². The van der Waals surface area contributed by atoms with Crippen LogP contribution in [0.4, 0.5) is 5.13 Å². The quantitative estimate of drug-likeness (QED) is 0.711. The van der Waals surface area contributed by atoms with Crippen LogP contribution in [0.2, 0.25) is 0 Å². The highest BCUT2D eigenvalue weighted by Gasteiger charge is 2.28. The molecule has 1 fully saturated rings. The van der Waals surface area contributed by atoms with E-state index >= 15 is 0 Å². The molecule has 4 heterocycles. The Balaban J connectivity index is 1.53. The lowest BCUT2D eigenvalue weighted by molar-refractivity contribution is 0.329. The van der Waals surface area contributed by atoms with Gasteiger partial charge in [0.25, 0.3) is 0 Å². The molecular formula is C17H24N6OS. The van der Waals surface area contributed by atoms with E-state index in [0.29, 0.717) is 5.92 Å². The van der Waals surface area contributed by atoms with Gasteiger partial charge in [-0.25, -0.2) is 9.67 Å². The summed E-state index contributed by atoms with van der Waals surface area (Å²) in [6, 6.07) is 0. The summed E-state index contributed by atoms with van der Waals surface area (Å²) in [5.41, 5.74) is 2.02. The third-order valence-electron chi connectivity index (χ3n) is 4.65. The van der Waals surface area contributed by atoms with Gasteiger partial charge in [-0.3, -0.25) is 0 Å². The third kappa shape index (κ3) is 3.15. The minimum atomic E-state index is 0.286. The number of hydrogen-bond donors (Lipinski definition) is 0. The molecule has 0 radical (unpaired) electrons. The fraction of sp³-hybridized carbons (Fsp3) is 0.647. The summed E-state index contributed by atoms with van der Waals surface area (Å²) in [7, 11) is 1.95. The van der Waals surface area contributed by atoms with Gasteiger partial charge in [-0.2, -0.15) is 10.1 Å². The zero-order chi connectivity index (χ0) is 17.6. The highest BCUT2D eigenvalue weighted by Crippen LogP contribution is 2.35. The Kier molecular flexibility index (Phi) is 4.23. The lowest BCUT2D eigenvalue weighted by Gasteiger charge is -2.30. The second-order valence-electron chi connectivity index (χ2n) is 7.29. The van der Waals surface area contributed by atoms with Crippen molar-refractivity contribution in [2.75, 3.05) is 18.0 Å². The first kappa shape index (κ1) is 16.5. The van der Waals surface area contributed by atoms with Gasteiger partial charge in [-0.15, -0.1) is 0 Å². The second kappa shape index (κ2) is 6.40. The summed E-state index contributed by atoms with van der Waals surface area (Å²) in [5, 5.41) is 9.66. The SMILES string of the molecule is Cc1nn(C)c2nc(N3CCC[C@H](c4nc(CC(C)C)no4)C3)sc12. The van der Waals surface area contributed by atoms with Gasteiger partial charge in [0, 0.05) is 26.6 Å². The molecule has 25 heavy (non-hydrogen) atoms. The molecule has 4 rings (SSSR count). The standard InChI is InChI=1S/C17H24N6OS/c1-10(2)8-13-18-16(24-21-13)12-6-5-7-23(9-12)17-19-15-14(25-17)11(3)20-22(15)4/h10,12H,5-9H2,1-4H3/t12-/m0/s1. The first-order valence-electron chi connectivity index (χ1n) is 8.89. The van der Waals surface area contributed by atoms with E-state index < -0.39 is 0 Å². The molecular weight excluding hydrogens is 336 g/mol. The van der Waals surface area contributed by atoms with Gasteiger partial charge in [0.05, 0.1) is 16.3 Å². The van der Waals surface area contributed by atoms with Gasteiger partial charge in [0.2, 0.25) is 5.89 Å². The molecule has 134 valence electrons. The minimum Gasteiger partial charge on any atom is -0.347 e. The Morgan fingerprint density at radius 3 is 2.92 bits per heavy atom. The highest BCUT2D eigenvalue weighted by molar-refractivity contribution is 7.22. The van der Waals surface area contributed by atoms with E-state index in [1.54, 1.807) is 11.3 Å². The van der Waals surface area contributed by atoms with Gasteiger partial charge in [0.1, 0.15) is 0 Å². The normalized spacial score (nSPS) is 18.6. The van der Waals surface area contributed by atoms with Crippen molar-refractivity contribution in [2.45, 2.75) is 46.0 Å². The maximum Gasteiger partial charge on any atom is 0.231 e. The highest BCUT2D eigenvalue weighted by atomic mass is 32.1. The molecule has 0 N–H and O–H groups in total. The van der Waals surface area contributed by atoms with Crippen LogP contribution in [-0.4, -0.2) is 38.0 Å². The van der Waals surface area contributed by atoms with Gasteiger partial charge < -0.3 is 9.42 Å². The topological polar surface area (TPSA) is 72.9 Å². The smallest absolute Gasteiger partial charge is 0.231 e. The fourth-order valence-electron chi connectivity index (χ4n) is 3.44. The van der Waals surface area contributed by atoms with Crippen molar-refractivity contribution < 1.29 is 4.52 Å². The van der Waals surface area contributed by atoms with E-state index in [1.807, 2.05) is 18.7 Å². The number of anilines is 1.